The van der Waals surface area contributed by atoms with Crippen LogP contribution in [0.4, 0.5) is 0 Å². The Morgan fingerprint density at radius 1 is 1.10 bits per heavy atom. The third kappa shape index (κ3) is 8.27. The Bertz CT molecular complexity index is 757. The molecule has 0 aromatic heterocycles. The van der Waals surface area contributed by atoms with Crippen molar-refractivity contribution >= 4 is 36.3 Å². The molecule has 3 amide bonds. The second kappa shape index (κ2) is 12.0. The molecule has 0 aliphatic heterocycles. The van der Waals surface area contributed by atoms with E-state index in [0.29, 0.717) is 5.56 Å². The number of aromatic hydroxyl groups is 1. The van der Waals surface area contributed by atoms with Crippen LogP contribution in [0.2, 0.25) is 0 Å². The summed E-state index contributed by atoms with van der Waals surface area (Å²) in [6.45, 7) is 0.715. The van der Waals surface area contributed by atoms with Gasteiger partial charge in [0.2, 0.25) is 17.7 Å². The molecule has 0 fully saturated rings. The molecule has 30 heavy (non-hydrogen) atoms. The van der Waals surface area contributed by atoms with Gasteiger partial charge in [-0.05, 0) is 31.0 Å². The first kappa shape index (κ1) is 25.2. The molecule has 0 spiro atoms. The molecule has 1 aromatic rings. The standard InChI is InChI=1S/C18H26N4O7S/c1-9(23)15(17(27)20-7-14(25)21-13(8-30)18(28)29)22-16(26)12(19)6-10-2-4-11(24)5-3-10/h2-5,9,12-13,15,23-24,30H,6-8,19H2,1H3,(H,20,27)(H,21,25)(H,22,26)(H,28,29). The number of carbonyl (C=O) groups is 4. The summed E-state index contributed by atoms with van der Waals surface area (Å²) >= 11 is 3.81. The van der Waals surface area contributed by atoms with E-state index in [1.54, 1.807) is 12.1 Å². The monoisotopic (exact) mass is 442 g/mol. The second-order valence-electron chi connectivity index (χ2n) is 6.56. The van der Waals surface area contributed by atoms with Crippen LogP contribution < -0.4 is 21.7 Å². The summed E-state index contributed by atoms with van der Waals surface area (Å²) in [5.74, 6) is -3.67. The zero-order valence-electron chi connectivity index (χ0n) is 16.2. The summed E-state index contributed by atoms with van der Waals surface area (Å²) in [5, 5.41) is 34.7. The van der Waals surface area contributed by atoms with E-state index >= 15 is 0 Å². The molecule has 4 atom stereocenters. The Morgan fingerprint density at radius 2 is 1.70 bits per heavy atom. The third-order valence-electron chi connectivity index (χ3n) is 4.03. The zero-order chi connectivity index (χ0) is 22.8. The molecule has 0 aliphatic rings. The highest BCUT2D eigenvalue weighted by atomic mass is 32.1. The number of hydrogen-bond donors (Lipinski definition) is 8. The number of nitrogens with two attached hydrogens (primary N) is 1. The fourth-order valence-corrected chi connectivity index (χ4v) is 2.60. The van der Waals surface area contributed by atoms with E-state index in [-0.39, 0.29) is 17.9 Å². The van der Waals surface area contributed by atoms with Crippen LogP contribution in [0.3, 0.4) is 0 Å². The summed E-state index contributed by atoms with van der Waals surface area (Å²) in [4.78, 5) is 47.2. The number of aliphatic hydroxyl groups excluding tert-OH is 1. The molecule has 0 saturated carbocycles. The van der Waals surface area contributed by atoms with Crippen molar-refractivity contribution in [3.63, 3.8) is 0 Å². The molecule has 0 saturated heterocycles. The highest BCUT2D eigenvalue weighted by molar-refractivity contribution is 7.80. The van der Waals surface area contributed by atoms with Gasteiger partial charge in [0.1, 0.15) is 17.8 Å². The van der Waals surface area contributed by atoms with Crippen LogP contribution in [-0.2, 0) is 25.6 Å². The van der Waals surface area contributed by atoms with E-state index < -0.39 is 54.5 Å². The van der Waals surface area contributed by atoms with Gasteiger partial charge in [0.05, 0.1) is 18.7 Å². The maximum atomic E-state index is 12.3. The lowest BCUT2D eigenvalue weighted by Gasteiger charge is -2.23. The Hall–Kier alpha value is -2.83. The van der Waals surface area contributed by atoms with Gasteiger partial charge >= 0.3 is 5.97 Å². The smallest absolute Gasteiger partial charge is 0.327 e. The predicted octanol–water partition coefficient (Wildman–Crippen LogP) is -2.26. The summed E-state index contributed by atoms with van der Waals surface area (Å²) in [5.41, 5.74) is 6.52. The van der Waals surface area contributed by atoms with E-state index in [0.717, 1.165) is 0 Å². The molecular formula is C18H26N4O7S. The van der Waals surface area contributed by atoms with Crippen LogP contribution >= 0.6 is 12.6 Å². The van der Waals surface area contributed by atoms with Gasteiger partial charge in [-0.1, -0.05) is 12.1 Å². The van der Waals surface area contributed by atoms with Crippen LogP contribution in [0.1, 0.15) is 12.5 Å². The van der Waals surface area contributed by atoms with E-state index in [9.17, 15) is 29.4 Å². The molecule has 166 valence electrons. The van der Waals surface area contributed by atoms with E-state index in [1.165, 1.54) is 19.1 Å². The minimum absolute atomic E-state index is 0.0655. The number of carboxylic acid groups (broad SMARTS) is 1. The van der Waals surface area contributed by atoms with Crippen LogP contribution in [0.25, 0.3) is 0 Å². The third-order valence-corrected chi connectivity index (χ3v) is 4.40. The number of benzene rings is 1. The molecule has 0 radical (unpaired) electrons. The summed E-state index contributed by atoms with van der Waals surface area (Å²) in [7, 11) is 0. The topological polar surface area (TPSA) is 191 Å². The molecule has 0 bridgehead atoms. The normalized spacial score (nSPS) is 14.7. The van der Waals surface area contributed by atoms with Crippen LogP contribution in [0.15, 0.2) is 24.3 Å². The van der Waals surface area contributed by atoms with Crippen LogP contribution in [0.5, 0.6) is 5.75 Å². The molecule has 8 N–H and O–H groups in total. The van der Waals surface area contributed by atoms with Crippen LogP contribution in [0, 0.1) is 0 Å². The number of phenolic OH excluding ortho intramolecular Hbond substituents is 1. The molecular weight excluding hydrogens is 416 g/mol. The predicted molar refractivity (Wildman–Crippen MR) is 110 cm³/mol. The molecule has 1 aromatic carbocycles. The van der Waals surface area contributed by atoms with E-state index in [2.05, 4.69) is 28.6 Å². The van der Waals surface area contributed by atoms with Crippen molar-refractivity contribution in [2.75, 3.05) is 12.3 Å². The fourth-order valence-electron chi connectivity index (χ4n) is 2.35. The average molecular weight is 442 g/mol. The lowest BCUT2D eigenvalue weighted by atomic mass is 10.0. The molecule has 11 nitrogen and oxygen atoms in total. The average Bonchev–Trinajstić information content (AvgIpc) is 2.69. The first-order valence-corrected chi connectivity index (χ1v) is 9.61. The number of carbonyl (C=O) groups excluding carboxylic acids is 3. The van der Waals surface area contributed by atoms with Crippen molar-refractivity contribution in [3.05, 3.63) is 29.8 Å². The Morgan fingerprint density at radius 3 is 2.20 bits per heavy atom. The van der Waals surface area contributed by atoms with Crippen molar-refractivity contribution in [2.24, 2.45) is 5.73 Å². The zero-order valence-corrected chi connectivity index (χ0v) is 17.1. The minimum atomic E-state index is -1.38. The minimum Gasteiger partial charge on any atom is -0.508 e. The van der Waals surface area contributed by atoms with E-state index in [1.807, 2.05) is 0 Å². The van der Waals surface area contributed by atoms with Crippen molar-refractivity contribution in [2.45, 2.75) is 37.6 Å². The van der Waals surface area contributed by atoms with Gasteiger partial charge < -0.3 is 37.0 Å². The molecule has 4 unspecified atom stereocenters. The summed E-state index contributed by atoms with van der Waals surface area (Å²) < 4.78 is 0. The number of aliphatic carboxylic acids is 1. The number of amides is 3. The van der Waals surface area contributed by atoms with E-state index in [4.69, 9.17) is 10.8 Å². The fraction of sp³-hybridized carbons (Fsp3) is 0.444. The number of rotatable bonds is 11. The van der Waals surface area contributed by atoms with Crippen molar-refractivity contribution in [1.29, 1.82) is 0 Å². The number of carboxylic acids is 1. The first-order chi connectivity index (χ1) is 14.0. The van der Waals surface area contributed by atoms with Gasteiger partial charge in [0.25, 0.3) is 0 Å². The number of nitrogens with one attached hydrogen (secondary N) is 3. The molecule has 1 rings (SSSR count). The van der Waals surface area contributed by atoms with Gasteiger partial charge in [-0.15, -0.1) is 0 Å². The number of hydrogen-bond acceptors (Lipinski definition) is 8. The van der Waals surface area contributed by atoms with Gasteiger partial charge in [0, 0.05) is 5.75 Å². The lowest BCUT2D eigenvalue weighted by Crippen LogP contribution is -2.57. The molecule has 0 heterocycles. The maximum absolute atomic E-state index is 12.3. The Kier molecular flexibility index (Phi) is 10.1. The van der Waals surface area contributed by atoms with Crippen molar-refractivity contribution < 1.29 is 34.5 Å². The number of aliphatic hydroxyl groups is 1. The van der Waals surface area contributed by atoms with Gasteiger partial charge in [-0.2, -0.15) is 12.6 Å². The molecule has 0 aliphatic carbocycles. The quantitative estimate of drug-likeness (QED) is 0.176. The van der Waals surface area contributed by atoms with Crippen molar-refractivity contribution in [1.82, 2.24) is 16.0 Å². The van der Waals surface area contributed by atoms with Gasteiger partial charge in [0.15, 0.2) is 0 Å². The first-order valence-electron chi connectivity index (χ1n) is 8.97. The number of phenols is 1. The summed E-state index contributed by atoms with van der Waals surface area (Å²) in [6.07, 6.45) is -1.16. The largest absolute Gasteiger partial charge is 0.508 e. The molecule has 12 heteroatoms. The summed E-state index contributed by atoms with van der Waals surface area (Å²) in [6, 6.07) is 2.45. The van der Waals surface area contributed by atoms with Crippen LogP contribution in [-0.4, -0.2) is 75.5 Å². The highest BCUT2D eigenvalue weighted by Crippen LogP contribution is 2.11. The maximum Gasteiger partial charge on any atom is 0.327 e. The SMILES string of the molecule is CC(O)C(NC(=O)C(N)Cc1ccc(O)cc1)C(=O)NCC(=O)NC(CS)C(=O)O. The highest BCUT2D eigenvalue weighted by Gasteiger charge is 2.28. The Balaban J connectivity index is 2.62. The van der Waals surface area contributed by atoms with Gasteiger partial charge in [-0.3, -0.25) is 14.4 Å². The number of thiol groups is 1. The Labute approximate surface area is 178 Å². The van der Waals surface area contributed by atoms with Crippen molar-refractivity contribution in [3.8, 4) is 5.75 Å². The van der Waals surface area contributed by atoms with Gasteiger partial charge in [-0.25, -0.2) is 4.79 Å². The second-order valence-corrected chi connectivity index (χ2v) is 6.93. The lowest BCUT2D eigenvalue weighted by molar-refractivity contribution is -0.141.